The number of aromatic nitrogens is 1. The molecule has 5 nitrogen and oxygen atoms in total. The Balaban J connectivity index is 3.01. The average molecular weight is 197 g/mol. The molecule has 0 saturated carbocycles. The first-order chi connectivity index (χ1) is 6.52. The summed E-state index contributed by atoms with van der Waals surface area (Å²) in [5, 5.41) is 8.39. The topological polar surface area (TPSA) is 68.5 Å². The van der Waals surface area contributed by atoms with E-state index in [0.29, 0.717) is 5.69 Å². The quantitative estimate of drug-likeness (QED) is 0.749. The van der Waals surface area contributed by atoms with Crippen molar-refractivity contribution < 1.29 is 14.6 Å². The maximum absolute atomic E-state index is 11.3. The van der Waals surface area contributed by atoms with Crippen molar-refractivity contribution in [3.05, 3.63) is 28.2 Å². The van der Waals surface area contributed by atoms with Crippen molar-refractivity contribution >= 4 is 5.97 Å². The minimum atomic E-state index is -1.10. The van der Waals surface area contributed by atoms with Crippen LogP contribution in [0.5, 0.6) is 5.75 Å². The molecule has 14 heavy (non-hydrogen) atoms. The third kappa shape index (κ3) is 2.12. The molecule has 0 unspecified atom stereocenters. The van der Waals surface area contributed by atoms with E-state index in [9.17, 15) is 9.59 Å². The van der Waals surface area contributed by atoms with Crippen LogP contribution >= 0.6 is 0 Å². The molecule has 1 rings (SSSR count). The van der Waals surface area contributed by atoms with Gasteiger partial charge in [-0.05, 0) is 6.92 Å². The number of carboxylic acid groups (broad SMARTS) is 1. The maximum Gasteiger partial charge on any atom is 0.341 e. The Kier molecular flexibility index (Phi) is 2.91. The highest BCUT2D eigenvalue weighted by atomic mass is 16.5. The first kappa shape index (κ1) is 10.3. The molecule has 0 fully saturated rings. The molecular weight excluding hydrogens is 186 g/mol. The summed E-state index contributed by atoms with van der Waals surface area (Å²) in [5.74, 6) is -1.01. The van der Waals surface area contributed by atoms with Crippen LogP contribution < -0.4 is 10.2 Å². The summed E-state index contributed by atoms with van der Waals surface area (Å²) < 4.78 is 6.57. The van der Waals surface area contributed by atoms with E-state index in [1.807, 2.05) is 0 Å². The van der Waals surface area contributed by atoms with Gasteiger partial charge >= 0.3 is 5.97 Å². The fourth-order valence-electron chi connectivity index (χ4n) is 1.01. The second-order valence-corrected chi connectivity index (χ2v) is 2.89. The molecule has 1 aromatic heterocycles. The lowest BCUT2D eigenvalue weighted by Crippen LogP contribution is -2.17. The number of ether oxygens (including phenoxy) is 1. The lowest BCUT2D eigenvalue weighted by atomic mass is 10.3. The van der Waals surface area contributed by atoms with Crippen molar-refractivity contribution in [3.8, 4) is 5.75 Å². The fraction of sp³-hybridized carbons (Fsp3) is 0.333. The van der Waals surface area contributed by atoms with Gasteiger partial charge < -0.3 is 14.4 Å². The van der Waals surface area contributed by atoms with Crippen LogP contribution in [-0.4, -0.2) is 22.2 Å². The molecule has 0 bridgehead atoms. The number of hydrogen-bond acceptors (Lipinski definition) is 3. The second kappa shape index (κ2) is 3.95. The predicted molar refractivity (Wildman–Crippen MR) is 49.6 cm³/mol. The van der Waals surface area contributed by atoms with Gasteiger partial charge in [-0.15, -0.1) is 0 Å². The lowest BCUT2D eigenvalue weighted by molar-refractivity contribution is -0.139. The number of pyridine rings is 1. The van der Waals surface area contributed by atoms with E-state index in [1.165, 1.54) is 6.07 Å². The van der Waals surface area contributed by atoms with Crippen molar-refractivity contribution in [1.82, 2.24) is 4.57 Å². The molecule has 1 heterocycles. The fourth-order valence-corrected chi connectivity index (χ4v) is 1.01. The Morgan fingerprint density at radius 3 is 2.86 bits per heavy atom. The highest BCUT2D eigenvalue weighted by molar-refractivity contribution is 5.68. The summed E-state index contributed by atoms with van der Waals surface area (Å²) in [6.45, 7) is 1.19. The van der Waals surface area contributed by atoms with Crippen molar-refractivity contribution in [3.63, 3.8) is 0 Å². The SMILES string of the molecule is Cc1c(OCC(=O)O)c(=O)ccn1C. The number of rotatable bonds is 3. The number of nitrogens with zero attached hydrogens (tertiary/aromatic N) is 1. The first-order valence-electron chi connectivity index (χ1n) is 4.03. The van der Waals surface area contributed by atoms with Crippen LogP contribution in [0.1, 0.15) is 5.69 Å². The van der Waals surface area contributed by atoms with Crippen molar-refractivity contribution in [2.24, 2.45) is 7.05 Å². The van der Waals surface area contributed by atoms with E-state index in [1.54, 1.807) is 24.7 Å². The zero-order chi connectivity index (χ0) is 10.7. The molecule has 0 amide bonds. The molecule has 1 N–H and O–H groups in total. The maximum atomic E-state index is 11.3. The number of aliphatic carboxylic acids is 1. The molecule has 76 valence electrons. The Bertz CT molecular complexity index is 408. The molecule has 0 atom stereocenters. The Hall–Kier alpha value is -1.78. The van der Waals surface area contributed by atoms with E-state index in [4.69, 9.17) is 9.84 Å². The van der Waals surface area contributed by atoms with E-state index < -0.39 is 12.6 Å². The van der Waals surface area contributed by atoms with Crippen molar-refractivity contribution in [1.29, 1.82) is 0 Å². The Morgan fingerprint density at radius 2 is 2.29 bits per heavy atom. The van der Waals surface area contributed by atoms with Crippen LogP contribution in [0.3, 0.4) is 0 Å². The minimum absolute atomic E-state index is 0.0948. The normalized spacial score (nSPS) is 9.86. The van der Waals surface area contributed by atoms with Gasteiger partial charge in [0, 0.05) is 19.3 Å². The van der Waals surface area contributed by atoms with Crippen LogP contribution in [0.4, 0.5) is 0 Å². The Labute approximate surface area is 80.6 Å². The lowest BCUT2D eigenvalue weighted by Gasteiger charge is -2.09. The predicted octanol–water partition coefficient (Wildman–Crippen LogP) is 0.157. The minimum Gasteiger partial charge on any atom is -0.479 e. The molecule has 0 aliphatic heterocycles. The second-order valence-electron chi connectivity index (χ2n) is 2.89. The monoisotopic (exact) mass is 197 g/mol. The third-order valence-electron chi connectivity index (χ3n) is 1.87. The summed E-state index contributed by atoms with van der Waals surface area (Å²) in [7, 11) is 1.75. The van der Waals surface area contributed by atoms with Crippen LogP contribution in [0, 0.1) is 6.92 Å². The summed E-state index contributed by atoms with van der Waals surface area (Å²) in [4.78, 5) is 21.5. The Morgan fingerprint density at radius 1 is 1.64 bits per heavy atom. The van der Waals surface area contributed by atoms with Gasteiger partial charge in [-0.3, -0.25) is 4.79 Å². The largest absolute Gasteiger partial charge is 0.479 e. The molecule has 5 heteroatoms. The third-order valence-corrected chi connectivity index (χ3v) is 1.87. The molecule has 0 saturated heterocycles. The molecule has 0 aromatic carbocycles. The highest BCUT2D eigenvalue weighted by Gasteiger charge is 2.08. The van der Waals surface area contributed by atoms with Gasteiger partial charge in [-0.1, -0.05) is 0 Å². The summed E-state index contributed by atoms with van der Waals surface area (Å²) >= 11 is 0. The zero-order valence-corrected chi connectivity index (χ0v) is 7.98. The van der Waals surface area contributed by atoms with Gasteiger partial charge in [0.25, 0.3) is 0 Å². The van der Waals surface area contributed by atoms with E-state index in [2.05, 4.69) is 0 Å². The number of carboxylic acids is 1. The molecule has 0 spiro atoms. The number of hydrogen-bond donors (Lipinski definition) is 1. The van der Waals surface area contributed by atoms with Gasteiger partial charge in [0.2, 0.25) is 5.43 Å². The van der Waals surface area contributed by atoms with Gasteiger partial charge in [0.15, 0.2) is 12.4 Å². The molecule has 0 aliphatic rings. The summed E-state index contributed by atoms with van der Waals surface area (Å²) in [6, 6.07) is 1.34. The molecular formula is C9H11NO4. The van der Waals surface area contributed by atoms with Crippen LogP contribution in [0.15, 0.2) is 17.1 Å². The van der Waals surface area contributed by atoms with E-state index in [0.717, 1.165) is 0 Å². The number of aryl methyl sites for hydroxylation is 1. The van der Waals surface area contributed by atoms with Crippen LogP contribution in [0.2, 0.25) is 0 Å². The first-order valence-corrected chi connectivity index (χ1v) is 4.03. The van der Waals surface area contributed by atoms with E-state index in [-0.39, 0.29) is 11.2 Å². The van der Waals surface area contributed by atoms with Crippen molar-refractivity contribution in [2.45, 2.75) is 6.92 Å². The smallest absolute Gasteiger partial charge is 0.341 e. The number of carbonyl (C=O) groups is 1. The highest BCUT2D eigenvalue weighted by Crippen LogP contribution is 2.09. The summed E-state index contributed by atoms with van der Waals surface area (Å²) in [6.07, 6.45) is 1.60. The standard InChI is InChI=1S/C9H11NO4/c1-6-9(14-5-8(12)13)7(11)3-4-10(6)2/h3-4H,5H2,1-2H3,(H,12,13). The van der Waals surface area contributed by atoms with Gasteiger partial charge in [0.1, 0.15) is 0 Å². The average Bonchev–Trinajstić information content (AvgIpc) is 2.11. The molecule has 0 aliphatic carbocycles. The van der Waals surface area contributed by atoms with E-state index >= 15 is 0 Å². The van der Waals surface area contributed by atoms with Gasteiger partial charge in [-0.2, -0.15) is 0 Å². The van der Waals surface area contributed by atoms with Gasteiger partial charge in [0.05, 0.1) is 5.69 Å². The van der Waals surface area contributed by atoms with Crippen LogP contribution in [-0.2, 0) is 11.8 Å². The van der Waals surface area contributed by atoms with Crippen molar-refractivity contribution in [2.75, 3.05) is 6.61 Å². The molecule has 1 aromatic rings. The molecule has 0 radical (unpaired) electrons. The van der Waals surface area contributed by atoms with Crippen LogP contribution in [0.25, 0.3) is 0 Å². The summed E-state index contributed by atoms with van der Waals surface area (Å²) in [5.41, 5.74) is 0.306. The van der Waals surface area contributed by atoms with Gasteiger partial charge in [-0.25, -0.2) is 4.79 Å². The zero-order valence-electron chi connectivity index (χ0n) is 7.98.